The summed E-state index contributed by atoms with van der Waals surface area (Å²) in [7, 11) is 2.17. The van der Waals surface area contributed by atoms with Crippen LogP contribution in [0.2, 0.25) is 0 Å². The van der Waals surface area contributed by atoms with E-state index in [-0.39, 0.29) is 0 Å². The molecule has 152 valence electrons. The molecule has 0 aliphatic carbocycles. The lowest BCUT2D eigenvalue weighted by atomic mass is 10.0. The van der Waals surface area contributed by atoms with Crippen LogP contribution < -0.4 is 15.5 Å². The van der Waals surface area contributed by atoms with Gasteiger partial charge in [-0.1, -0.05) is 19.9 Å². The fourth-order valence-corrected chi connectivity index (χ4v) is 3.11. The average molecular weight is 375 g/mol. The second kappa shape index (κ2) is 11.1. The zero-order valence-corrected chi connectivity index (χ0v) is 17.8. The van der Waals surface area contributed by atoms with Crippen LogP contribution in [0.5, 0.6) is 0 Å². The van der Waals surface area contributed by atoms with Gasteiger partial charge in [0.1, 0.15) is 5.82 Å². The maximum absolute atomic E-state index is 4.74. The van der Waals surface area contributed by atoms with Gasteiger partial charge in [0.05, 0.1) is 6.54 Å². The highest BCUT2D eigenvalue weighted by molar-refractivity contribution is 5.80. The molecule has 1 atom stereocenters. The summed E-state index contributed by atoms with van der Waals surface area (Å²) in [4.78, 5) is 14.1. The van der Waals surface area contributed by atoms with E-state index in [0.29, 0.717) is 12.6 Å². The molecule has 1 unspecified atom stereocenters. The third kappa shape index (κ3) is 7.75. The summed E-state index contributed by atoms with van der Waals surface area (Å²) in [5.74, 6) is 2.69. The quantitative estimate of drug-likeness (QED) is 0.541. The minimum atomic E-state index is 0.419. The average Bonchev–Trinajstić information content (AvgIpc) is 2.66. The fraction of sp³-hybridized carbons (Fsp3) is 0.714. The van der Waals surface area contributed by atoms with Crippen molar-refractivity contribution in [2.75, 3.05) is 44.7 Å². The van der Waals surface area contributed by atoms with Crippen LogP contribution in [-0.4, -0.2) is 61.7 Å². The van der Waals surface area contributed by atoms with E-state index in [1.165, 1.54) is 6.42 Å². The molecule has 1 aliphatic heterocycles. The van der Waals surface area contributed by atoms with Gasteiger partial charge in [0.15, 0.2) is 5.96 Å². The number of aromatic nitrogens is 1. The largest absolute Gasteiger partial charge is 0.357 e. The highest BCUT2D eigenvalue weighted by atomic mass is 15.3. The Bertz CT molecular complexity index is 561. The number of hydrogen-bond acceptors (Lipinski definition) is 4. The second-order valence-electron chi connectivity index (χ2n) is 8.03. The van der Waals surface area contributed by atoms with Crippen molar-refractivity contribution in [2.45, 2.75) is 53.1 Å². The molecule has 2 N–H and O–H groups in total. The Kier molecular flexibility index (Phi) is 8.85. The van der Waals surface area contributed by atoms with Crippen LogP contribution in [0, 0.1) is 5.92 Å². The Hall–Kier alpha value is -1.82. The first kappa shape index (κ1) is 21.5. The molecule has 1 aromatic heterocycles. The van der Waals surface area contributed by atoms with Crippen molar-refractivity contribution >= 4 is 11.8 Å². The molecule has 0 saturated carbocycles. The van der Waals surface area contributed by atoms with E-state index in [1.807, 2.05) is 6.20 Å². The molecule has 0 aromatic carbocycles. The number of rotatable bonds is 8. The van der Waals surface area contributed by atoms with Gasteiger partial charge in [0, 0.05) is 45.0 Å². The van der Waals surface area contributed by atoms with Crippen molar-refractivity contribution in [1.82, 2.24) is 20.5 Å². The molecule has 2 heterocycles. The standard InChI is InChI=1S/C21H38N6/c1-6-22-21(25-18(4)8-7-17(2)3)24-16-19-9-10-20(23-15-19)27-13-11-26(5)12-14-27/h9-10,15,17-18H,6-8,11-14,16H2,1-5H3,(H2,22,24,25). The fourth-order valence-electron chi connectivity index (χ4n) is 3.11. The molecule has 1 aliphatic rings. The van der Waals surface area contributed by atoms with Crippen LogP contribution in [0.4, 0.5) is 5.82 Å². The number of anilines is 1. The number of nitrogens with one attached hydrogen (secondary N) is 2. The van der Waals surface area contributed by atoms with Crippen LogP contribution >= 0.6 is 0 Å². The molecular formula is C21H38N6. The number of guanidine groups is 1. The monoisotopic (exact) mass is 374 g/mol. The minimum Gasteiger partial charge on any atom is -0.357 e. The summed E-state index contributed by atoms with van der Waals surface area (Å²) in [5.41, 5.74) is 1.14. The predicted octanol–water partition coefficient (Wildman–Crippen LogP) is 2.71. The summed E-state index contributed by atoms with van der Waals surface area (Å²) in [6, 6.07) is 4.69. The van der Waals surface area contributed by atoms with Gasteiger partial charge in [-0.15, -0.1) is 0 Å². The van der Waals surface area contributed by atoms with Crippen LogP contribution in [0.3, 0.4) is 0 Å². The Balaban J connectivity index is 1.89. The predicted molar refractivity (Wildman–Crippen MR) is 115 cm³/mol. The van der Waals surface area contributed by atoms with Gasteiger partial charge in [-0.2, -0.15) is 0 Å². The second-order valence-corrected chi connectivity index (χ2v) is 8.03. The van der Waals surface area contributed by atoms with Crippen molar-refractivity contribution < 1.29 is 0 Å². The summed E-state index contributed by atoms with van der Waals surface area (Å²) in [6.45, 7) is 14.7. The molecule has 2 rings (SSSR count). The number of likely N-dealkylation sites (N-methyl/N-ethyl adjacent to an activating group) is 1. The van der Waals surface area contributed by atoms with E-state index in [4.69, 9.17) is 4.99 Å². The number of nitrogens with zero attached hydrogens (tertiary/aromatic N) is 4. The lowest BCUT2D eigenvalue weighted by Gasteiger charge is -2.33. The van der Waals surface area contributed by atoms with E-state index in [9.17, 15) is 0 Å². The topological polar surface area (TPSA) is 55.8 Å². The van der Waals surface area contributed by atoms with Gasteiger partial charge in [-0.3, -0.25) is 0 Å². The smallest absolute Gasteiger partial charge is 0.191 e. The third-order valence-electron chi connectivity index (χ3n) is 4.96. The molecule has 0 radical (unpaired) electrons. The Morgan fingerprint density at radius 3 is 2.48 bits per heavy atom. The number of piperazine rings is 1. The first-order chi connectivity index (χ1) is 13.0. The van der Waals surface area contributed by atoms with Crippen LogP contribution in [0.25, 0.3) is 0 Å². The molecule has 0 amide bonds. The van der Waals surface area contributed by atoms with Gasteiger partial charge in [0.25, 0.3) is 0 Å². The van der Waals surface area contributed by atoms with Crippen molar-refractivity contribution in [3.63, 3.8) is 0 Å². The van der Waals surface area contributed by atoms with E-state index in [2.05, 4.69) is 72.3 Å². The highest BCUT2D eigenvalue weighted by Crippen LogP contribution is 2.14. The lowest BCUT2D eigenvalue weighted by molar-refractivity contribution is 0.312. The normalized spacial score (nSPS) is 17.3. The van der Waals surface area contributed by atoms with Gasteiger partial charge in [-0.05, 0) is 51.3 Å². The van der Waals surface area contributed by atoms with Gasteiger partial charge in [-0.25, -0.2) is 9.98 Å². The molecule has 27 heavy (non-hydrogen) atoms. The number of aliphatic imine (C=N–C) groups is 1. The van der Waals surface area contributed by atoms with Crippen molar-refractivity contribution in [1.29, 1.82) is 0 Å². The number of pyridine rings is 1. The van der Waals surface area contributed by atoms with Crippen LogP contribution in [0.15, 0.2) is 23.3 Å². The summed E-state index contributed by atoms with van der Waals surface area (Å²) in [5, 5.41) is 6.86. The van der Waals surface area contributed by atoms with Crippen molar-refractivity contribution in [3.8, 4) is 0 Å². The third-order valence-corrected chi connectivity index (χ3v) is 4.96. The van der Waals surface area contributed by atoms with E-state index in [1.54, 1.807) is 0 Å². The van der Waals surface area contributed by atoms with Gasteiger partial charge >= 0.3 is 0 Å². The summed E-state index contributed by atoms with van der Waals surface area (Å²) < 4.78 is 0. The molecular weight excluding hydrogens is 336 g/mol. The maximum atomic E-state index is 4.74. The summed E-state index contributed by atoms with van der Waals surface area (Å²) >= 11 is 0. The van der Waals surface area contributed by atoms with Crippen molar-refractivity contribution in [3.05, 3.63) is 23.9 Å². The zero-order chi connectivity index (χ0) is 19.6. The van der Waals surface area contributed by atoms with Gasteiger partial charge < -0.3 is 20.4 Å². The highest BCUT2D eigenvalue weighted by Gasteiger charge is 2.15. The minimum absolute atomic E-state index is 0.419. The zero-order valence-electron chi connectivity index (χ0n) is 17.8. The van der Waals surface area contributed by atoms with E-state index < -0.39 is 0 Å². The Labute approximate surface area is 165 Å². The Morgan fingerprint density at radius 2 is 1.89 bits per heavy atom. The van der Waals surface area contributed by atoms with Crippen molar-refractivity contribution in [2.24, 2.45) is 10.9 Å². The molecule has 1 aromatic rings. The maximum Gasteiger partial charge on any atom is 0.191 e. The van der Waals surface area contributed by atoms with E-state index >= 15 is 0 Å². The molecule has 1 fully saturated rings. The van der Waals surface area contributed by atoms with Crippen LogP contribution in [-0.2, 0) is 6.54 Å². The Morgan fingerprint density at radius 1 is 1.15 bits per heavy atom. The lowest BCUT2D eigenvalue weighted by Crippen LogP contribution is -2.44. The number of hydrogen-bond donors (Lipinski definition) is 2. The SMILES string of the molecule is CCNC(=NCc1ccc(N2CCN(C)CC2)nc1)NC(C)CCC(C)C. The van der Waals surface area contributed by atoms with E-state index in [0.717, 1.165) is 62.4 Å². The first-order valence-corrected chi connectivity index (χ1v) is 10.4. The molecule has 0 spiro atoms. The molecule has 0 bridgehead atoms. The van der Waals surface area contributed by atoms with Gasteiger partial charge in [0.2, 0.25) is 0 Å². The first-order valence-electron chi connectivity index (χ1n) is 10.4. The molecule has 6 heteroatoms. The molecule has 6 nitrogen and oxygen atoms in total. The molecule has 1 saturated heterocycles. The van der Waals surface area contributed by atoms with Crippen LogP contribution in [0.1, 0.15) is 46.1 Å². The summed E-state index contributed by atoms with van der Waals surface area (Å²) in [6.07, 6.45) is 4.34.